The summed E-state index contributed by atoms with van der Waals surface area (Å²) in [7, 11) is 1.89. The molecule has 126 valence electrons. The molecular formula is C16H22ClN3O3. The zero-order valence-corrected chi connectivity index (χ0v) is 14.4. The Kier molecular flexibility index (Phi) is 7.71. The monoisotopic (exact) mass is 339 g/mol. The molecule has 0 aliphatic carbocycles. The lowest BCUT2D eigenvalue weighted by Crippen LogP contribution is -2.24. The molecule has 23 heavy (non-hydrogen) atoms. The van der Waals surface area contributed by atoms with Crippen LogP contribution in [0.25, 0.3) is 0 Å². The second-order valence-electron chi connectivity index (χ2n) is 5.09. The first-order chi connectivity index (χ1) is 10.6. The first-order valence-electron chi connectivity index (χ1n) is 7.37. The van der Waals surface area contributed by atoms with E-state index in [9.17, 15) is 4.79 Å². The van der Waals surface area contributed by atoms with Gasteiger partial charge in [0.2, 0.25) is 0 Å². The highest BCUT2D eigenvalue weighted by Gasteiger charge is 2.10. The van der Waals surface area contributed by atoms with Crippen LogP contribution in [0.2, 0.25) is 0 Å². The number of hydrogen-bond donors (Lipinski definition) is 1. The van der Waals surface area contributed by atoms with Crippen LogP contribution in [0.4, 0.5) is 0 Å². The maximum atomic E-state index is 11.5. The van der Waals surface area contributed by atoms with E-state index in [0.29, 0.717) is 35.9 Å². The predicted octanol–water partition coefficient (Wildman–Crippen LogP) is 2.81. The molecule has 1 N–H and O–H groups in total. The van der Waals surface area contributed by atoms with Gasteiger partial charge in [-0.2, -0.15) is 4.98 Å². The van der Waals surface area contributed by atoms with Crippen molar-refractivity contribution in [2.45, 2.75) is 39.3 Å². The number of halogens is 1. The molecular weight excluding hydrogens is 318 g/mol. The molecule has 0 amide bonds. The van der Waals surface area contributed by atoms with Crippen molar-refractivity contribution in [1.82, 2.24) is 15.5 Å². The van der Waals surface area contributed by atoms with E-state index >= 15 is 0 Å². The van der Waals surface area contributed by atoms with Crippen molar-refractivity contribution in [2.75, 3.05) is 7.05 Å². The number of ether oxygens (including phenoxy) is 1. The summed E-state index contributed by atoms with van der Waals surface area (Å²) in [6.45, 7) is 4.10. The Hall–Kier alpha value is -1.92. The topological polar surface area (TPSA) is 77.2 Å². The molecule has 0 spiro atoms. The van der Waals surface area contributed by atoms with Crippen LogP contribution >= 0.6 is 12.4 Å². The SMILES string of the molecule is CCC(=O)c1ccc(OCc2nc(CC(C)NC)no2)cc1.Cl. The van der Waals surface area contributed by atoms with Crippen LogP contribution in [0.1, 0.15) is 42.3 Å². The largest absolute Gasteiger partial charge is 0.484 e. The lowest BCUT2D eigenvalue weighted by atomic mass is 10.1. The van der Waals surface area contributed by atoms with E-state index in [1.165, 1.54) is 0 Å². The molecule has 6 nitrogen and oxygen atoms in total. The Morgan fingerprint density at radius 1 is 1.35 bits per heavy atom. The number of ketones is 1. The number of benzene rings is 1. The third kappa shape index (κ3) is 5.65. The fourth-order valence-corrected chi connectivity index (χ4v) is 1.89. The Morgan fingerprint density at radius 2 is 2.04 bits per heavy atom. The number of rotatable bonds is 8. The average molecular weight is 340 g/mol. The normalized spacial score (nSPS) is 11.6. The van der Waals surface area contributed by atoms with Crippen LogP contribution in [0.15, 0.2) is 28.8 Å². The molecule has 0 saturated heterocycles. The number of carbonyl (C=O) groups is 1. The van der Waals surface area contributed by atoms with Crippen LogP contribution in [0.5, 0.6) is 5.75 Å². The summed E-state index contributed by atoms with van der Waals surface area (Å²) >= 11 is 0. The van der Waals surface area contributed by atoms with Crippen molar-refractivity contribution in [1.29, 1.82) is 0 Å². The van der Waals surface area contributed by atoms with Crippen molar-refractivity contribution >= 4 is 18.2 Å². The number of likely N-dealkylation sites (N-methyl/N-ethyl adjacent to an activating group) is 1. The van der Waals surface area contributed by atoms with Gasteiger partial charge in [0, 0.05) is 24.4 Å². The molecule has 2 aromatic rings. The van der Waals surface area contributed by atoms with Gasteiger partial charge in [-0.05, 0) is 38.2 Å². The minimum Gasteiger partial charge on any atom is -0.484 e. The van der Waals surface area contributed by atoms with Crippen molar-refractivity contribution in [2.24, 2.45) is 0 Å². The summed E-state index contributed by atoms with van der Waals surface area (Å²) in [6, 6.07) is 7.34. The van der Waals surface area contributed by atoms with Gasteiger partial charge in [0.05, 0.1) is 0 Å². The van der Waals surface area contributed by atoms with E-state index in [1.807, 2.05) is 20.9 Å². The molecule has 2 rings (SSSR count). The van der Waals surface area contributed by atoms with Gasteiger partial charge in [0.25, 0.3) is 5.89 Å². The second-order valence-corrected chi connectivity index (χ2v) is 5.09. The predicted molar refractivity (Wildman–Crippen MR) is 89.2 cm³/mol. The first-order valence-corrected chi connectivity index (χ1v) is 7.37. The summed E-state index contributed by atoms with van der Waals surface area (Å²) < 4.78 is 10.7. The summed E-state index contributed by atoms with van der Waals surface area (Å²) in [5.74, 6) is 1.87. The standard InChI is InChI=1S/C16H21N3O3.ClH/c1-4-14(20)12-5-7-13(8-6-12)21-10-16-18-15(19-22-16)9-11(2)17-3;/h5-8,11,17H,4,9-10H2,1-3H3;1H. The fraction of sp³-hybridized carbons (Fsp3) is 0.438. The molecule has 1 heterocycles. The average Bonchev–Trinajstić information content (AvgIpc) is 3.00. The Bertz CT molecular complexity index is 613. The Morgan fingerprint density at radius 3 is 2.65 bits per heavy atom. The van der Waals surface area contributed by atoms with Crippen molar-refractivity contribution in [3.05, 3.63) is 41.5 Å². The summed E-state index contributed by atoms with van der Waals surface area (Å²) in [6.07, 6.45) is 1.20. The highest BCUT2D eigenvalue weighted by molar-refractivity contribution is 5.95. The van der Waals surface area contributed by atoms with Gasteiger partial charge in [-0.15, -0.1) is 12.4 Å². The van der Waals surface area contributed by atoms with Crippen LogP contribution < -0.4 is 10.1 Å². The zero-order valence-electron chi connectivity index (χ0n) is 13.5. The molecule has 0 aliphatic heterocycles. The molecule has 1 unspecified atom stereocenters. The second kappa shape index (κ2) is 9.27. The van der Waals surface area contributed by atoms with Gasteiger partial charge in [0.15, 0.2) is 18.2 Å². The first kappa shape index (κ1) is 19.1. The van der Waals surface area contributed by atoms with E-state index in [2.05, 4.69) is 15.5 Å². The van der Waals surface area contributed by atoms with Crippen LogP contribution in [0.3, 0.4) is 0 Å². The summed E-state index contributed by atoms with van der Waals surface area (Å²) in [5, 5.41) is 7.03. The van der Waals surface area contributed by atoms with E-state index in [4.69, 9.17) is 9.26 Å². The fourth-order valence-electron chi connectivity index (χ4n) is 1.89. The van der Waals surface area contributed by atoms with Crippen LogP contribution in [-0.2, 0) is 13.0 Å². The quantitative estimate of drug-likeness (QED) is 0.745. The number of aromatic nitrogens is 2. The summed E-state index contributed by atoms with van der Waals surface area (Å²) in [5.41, 5.74) is 0.691. The van der Waals surface area contributed by atoms with Crippen molar-refractivity contribution < 1.29 is 14.1 Å². The van der Waals surface area contributed by atoms with Gasteiger partial charge >= 0.3 is 0 Å². The molecule has 1 aromatic heterocycles. The zero-order chi connectivity index (χ0) is 15.9. The van der Waals surface area contributed by atoms with Gasteiger partial charge in [-0.1, -0.05) is 12.1 Å². The third-order valence-electron chi connectivity index (χ3n) is 3.35. The highest BCUT2D eigenvalue weighted by Crippen LogP contribution is 2.15. The molecule has 0 radical (unpaired) electrons. The Balaban J connectivity index is 0.00000264. The van der Waals surface area contributed by atoms with Gasteiger partial charge in [0.1, 0.15) is 5.75 Å². The van der Waals surface area contributed by atoms with Crippen LogP contribution in [-0.4, -0.2) is 29.0 Å². The number of nitrogens with zero attached hydrogens (tertiary/aromatic N) is 2. The number of carbonyl (C=O) groups excluding carboxylic acids is 1. The summed E-state index contributed by atoms with van der Waals surface area (Å²) in [4.78, 5) is 15.8. The van der Waals surface area contributed by atoms with Crippen LogP contribution in [0, 0.1) is 0 Å². The van der Waals surface area contributed by atoms with E-state index in [1.54, 1.807) is 24.3 Å². The maximum Gasteiger partial charge on any atom is 0.264 e. The molecule has 0 saturated carbocycles. The van der Waals surface area contributed by atoms with Crippen molar-refractivity contribution in [3.63, 3.8) is 0 Å². The molecule has 0 fully saturated rings. The van der Waals surface area contributed by atoms with E-state index < -0.39 is 0 Å². The van der Waals surface area contributed by atoms with E-state index in [0.717, 1.165) is 0 Å². The van der Waals surface area contributed by atoms with E-state index in [-0.39, 0.29) is 30.8 Å². The number of nitrogens with one attached hydrogen (secondary N) is 1. The molecule has 0 aliphatic rings. The van der Waals surface area contributed by atoms with Crippen molar-refractivity contribution in [3.8, 4) is 5.75 Å². The smallest absolute Gasteiger partial charge is 0.264 e. The Labute approximate surface area is 142 Å². The maximum absolute atomic E-state index is 11.5. The molecule has 0 bridgehead atoms. The van der Waals surface area contributed by atoms with Gasteiger partial charge in [-0.3, -0.25) is 4.79 Å². The molecule has 7 heteroatoms. The lowest BCUT2D eigenvalue weighted by Gasteiger charge is -2.05. The lowest BCUT2D eigenvalue weighted by molar-refractivity contribution is 0.0988. The van der Waals surface area contributed by atoms with Gasteiger partial charge < -0.3 is 14.6 Å². The minimum atomic E-state index is 0. The number of hydrogen-bond acceptors (Lipinski definition) is 6. The molecule has 1 atom stereocenters. The minimum absolute atomic E-state index is 0. The third-order valence-corrected chi connectivity index (χ3v) is 3.35. The number of Topliss-reactive ketones (excluding diaryl/α,β-unsaturated/α-hetero) is 1. The molecule has 1 aromatic carbocycles. The highest BCUT2D eigenvalue weighted by atomic mass is 35.5. The van der Waals surface area contributed by atoms with Gasteiger partial charge in [-0.25, -0.2) is 0 Å².